The van der Waals surface area contributed by atoms with Crippen molar-refractivity contribution < 1.29 is 14.8 Å². The van der Waals surface area contributed by atoms with E-state index in [1.807, 2.05) is 0 Å². The number of piperidine rings is 1. The fourth-order valence-electron chi connectivity index (χ4n) is 3.08. The fourth-order valence-corrected chi connectivity index (χ4v) is 4.33. The minimum absolute atomic E-state index is 0.0435. The second-order valence-corrected chi connectivity index (χ2v) is 6.96. The average molecular weight is 337 g/mol. The molecule has 3 rings (SSSR count). The van der Waals surface area contributed by atoms with E-state index < -0.39 is 16.9 Å². The van der Waals surface area contributed by atoms with Crippen LogP contribution in [0.3, 0.4) is 0 Å². The van der Waals surface area contributed by atoms with Crippen LogP contribution in [0.15, 0.2) is 18.2 Å². The lowest BCUT2D eigenvalue weighted by atomic mass is 10.1. The number of aliphatic carboxylic acids is 1. The molecular formula is C15H19N3O4S. The Labute approximate surface area is 138 Å². The molecule has 124 valence electrons. The van der Waals surface area contributed by atoms with Gasteiger partial charge >= 0.3 is 5.97 Å². The van der Waals surface area contributed by atoms with E-state index in [9.17, 15) is 14.9 Å². The Hall–Kier alpha value is -1.80. The number of carboxylic acids is 1. The van der Waals surface area contributed by atoms with Crippen molar-refractivity contribution >= 4 is 29.1 Å². The highest BCUT2D eigenvalue weighted by Crippen LogP contribution is 2.40. The fraction of sp³-hybridized carbons (Fsp3) is 0.533. The SMILES string of the molecule is O=C(O)C1CSC(c2cc([N+](=O)[O-])ccc2N2CCCCC2)N1. The lowest BCUT2D eigenvalue weighted by Crippen LogP contribution is -2.35. The zero-order chi connectivity index (χ0) is 16.4. The van der Waals surface area contributed by atoms with Gasteiger partial charge in [0.15, 0.2) is 0 Å². The molecule has 0 bridgehead atoms. The van der Waals surface area contributed by atoms with E-state index in [0.717, 1.165) is 37.2 Å². The summed E-state index contributed by atoms with van der Waals surface area (Å²) in [6.07, 6.45) is 3.43. The van der Waals surface area contributed by atoms with Gasteiger partial charge in [-0.15, -0.1) is 11.8 Å². The highest BCUT2D eigenvalue weighted by Gasteiger charge is 2.33. The van der Waals surface area contributed by atoms with Crippen molar-refractivity contribution in [3.05, 3.63) is 33.9 Å². The molecule has 8 heteroatoms. The quantitative estimate of drug-likeness (QED) is 0.643. The van der Waals surface area contributed by atoms with E-state index in [0.29, 0.717) is 5.75 Å². The lowest BCUT2D eigenvalue weighted by Gasteiger charge is -2.31. The number of carbonyl (C=O) groups is 1. The van der Waals surface area contributed by atoms with Crippen LogP contribution in [0.5, 0.6) is 0 Å². The summed E-state index contributed by atoms with van der Waals surface area (Å²) in [4.78, 5) is 24.1. The third-order valence-electron chi connectivity index (χ3n) is 4.28. The third kappa shape index (κ3) is 3.42. The number of nitrogens with one attached hydrogen (secondary N) is 1. The van der Waals surface area contributed by atoms with Crippen LogP contribution >= 0.6 is 11.8 Å². The van der Waals surface area contributed by atoms with Gasteiger partial charge < -0.3 is 10.0 Å². The van der Waals surface area contributed by atoms with Gasteiger partial charge in [-0.2, -0.15) is 0 Å². The molecule has 2 heterocycles. The van der Waals surface area contributed by atoms with Crippen LogP contribution < -0.4 is 10.2 Å². The highest BCUT2D eigenvalue weighted by atomic mass is 32.2. The van der Waals surface area contributed by atoms with Crippen molar-refractivity contribution in [1.82, 2.24) is 5.32 Å². The topological polar surface area (TPSA) is 95.7 Å². The molecule has 2 saturated heterocycles. The van der Waals surface area contributed by atoms with Gasteiger partial charge in [-0.1, -0.05) is 0 Å². The summed E-state index contributed by atoms with van der Waals surface area (Å²) in [6.45, 7) is 1.87. The summed E-state index contributed by atoms with van der Waals surface area (Å²) < 4.78 is 0. The molecule has 0 aromatic heterocycles. The smallest absolute Gasteiger partial charge is 0.321 e. The van der Waals surface area contributed by atoms with Gasteiger partial charge in [0.05, 0.1) is 10.3 Å². The molecule has 7 nitrogen and oxygen atoms in total. The van der Waals surface area contributed by atoms with Crippen LogP contribution in [0, 0.1) is 10.1 Å². The molecule has 0 aliphatic carbocycles. The first kappa shape index (κ1) is 16.1. The van der Waals surface area contributed by atoms with Crippen molar-refractivity contribution in [2.45, 2.75) is 30.7 Å². The van der Waals surface area contributed by atoms with Gasteiger partial charge in [0.2, 0.25) is 0 Å². The Bertz CT molecular complexity index is 619. The van der Waals surface area contributed by atoms with Crippen LogP contribution in [-0.2, 0) is 4.79 Å². The van der Waals surface area contributed by atoms with Crippen LogP contribution in [-0.4, -0.2) is 40.9 Å². The second kappa shape index (κ2) is 6.76. The van der Waals surface area contributed by atoms with Crippen LogP contribution in [0.1, 0.15) is 30.2 Å². The second-order valence-electron chi connectivity index (χ2n) is 5.82. The van der Waals surface area contributed by atoms with Gasteiger partial charge in [-0.25, -0.2) is 0 Å². The number of nitro benzene ring substituents is 1. The van der Waals surface area contributed by atoms with Crippen LogP contribution in [0.2, 0.25) is 0 Å². The molecule has 2 aliphatic rings. The summed E-state index contributed by atoms with van der Waals surface area (Å²) >= 11 is 1.49. The van der Waals surface area contributed by atoms with E-state index >= 15 is 0 Å². The van der Waals surface area contributed by atoms with Crippen molar-refractivity contribution in [2.75, 3.05) is 23.7 Å². The molecule has 0 radical (unpaired) electrons. The number of thioether (sulfide) groups is 1. The number of rotatable bonds is 4. The average Bonchev–Trinajstić information content (AvgIpc) is 3.05. The molecule has 0 saturated carbocycles. The third-order valence-corrected chi connectivity index (χ3v) is 5.53. The summed E-state index contributed by atoms with van der Waals surface area (Å²) in [6, 6.07) is 4.30. The predicted molar refractivity (Wildman–Crippen MR) is 88.9 cm³/mol. The van der Waals surface area contributed by atoms with Gasteiger partial charge in [0.25, 0.3) is 5.69 Å². The van der Waals surface area contributed by atoms with E-state index in [1.165, 1.54) is 24.2 Å². The number of anilines is 1. The molecule has 1 aromatic carbocycles. The lowest BCUT2D eigenvalue weighted by molar-refractivity contribution is -0.384. The normalized spacial score (nSPS) is 24.6. The first-order chi connectivity index (χ1) is 11.1. The summed E-state index contributed by atoms with van der Waals surface area (Å²) in [7, 11) is 0. The van der Waals surface area contributed by atoms with E-state index in [4.69, 9.17) is 5.11 Å². The van der Waals surface area contributed by atoms with Gasteiger partial charge in [0, 0.05) is 42.2 Å². The van der Waals surface area contributed by atoms with Gasteiger partial charge in [0.1, 0.15) is 6.04 Å². The number of hydrogen-bond acceptors (Lipinski definition) is 6. The van der Waals surface area contributed by atoms with Crippen molar-refractivity contribution in [3.8, 4) is 0 Å². The van der Waals surface area contributed by atoms with Crippen LogP contribution in [0.4, 0.5) is 11.4 Å². The molecule has 2 aliphatic heterocycles. The van der Waals surface area contributed by atoms with E-state index in [1.54, 1.807) is 12.1 Å². The van der Waals surface area contributed by atoms with Crippen molar-refractivity contribution in [2.24, 2.45) is 0 Å². The number of benzene rings is 1. The largest absolute Gasteiger partial charge is 0.480 e. The molecule has 23 heavy (non-hydrogen) atoms. The van der Waals surface area contributed by atoms with Gasteiger partial charge in [-0.05, 0) is 25.3 Å². The highest BCUT2D eigenvalue weighted by molar-refractivity contribution is 7.99. The number of nitro groups is 1. The molecule has 1 aromatic rings. The molecule has 0 amide bonds. The van der Waals surface area contributed by atoms with Crippen LogP contribution in [0.25, 0.3) is 0 Å². The zero-order valence-corrected chi connectivity index (χ0v) is 13.4. The molecule has 2 atom stereocenters. The number of nitrogens with zero attached hydrogens (tertiary/aromatic N) is 2. The Balaban J connectivity index is 1.93. The Morgan fingerprint density at radius 2 is 2.09 bits per heavy atom. The van der Waals surface area contributed by atoms with E-state index in [2.05, 4.69) is 10.2 Å². The van der Waals surface area contributed by atoms with Crippen molar-refractivity contribution in [3.63, 3.8) is 0 Å². The number of non-ortho nitro benzene ring substituents is 1. The summed E-state index contributed by atoms with van der Waals surface area (Å²) in [5.41, 5.74) is 1.84. The zero-order valence-electron chi connectivity index (χ0n) is 12.6. The number of carboxylic acid groups (broad SMARTS) is 1. The Morgan fingerprint density at radius 1 is 1.35 bits per heavy atom. The maximum atomic E-state index is 11.1. The Kier molecular flexibility index (Phi) is 4.72. The summed E-state index contributed by atoms with van der Waals surface area (Å²) in [5, 5.41) is 23.1. The summed E-state index contributed by atoms with van der Waals surface area (Å²) in [5.74, 6) is -0.424. The van der Waals surface area contributed by atoms with Crippen molar-refractivity contribution in [1.29, 1.82) is 0 Å². The molecule has 0 spiro atoms. The number of hydrogen-bond donors (Lipinski definition) is 2. The first-order valence-corrected chi connectivity index (χ1v) is 8.75. The minimum atomic E-state index is -0.884. The van der Waals surface area contributed by atoms with Gasteiger partial charge in [-0.3, -0.25) is 20.2 Å². The Morgan fingerprint density at radius 3 is 2.70 bits per heavy atom. The monoisotopic (exact) mass is 337 g/mol. The molecule has 2 fully saturated rings. The molecule has 2 N–H and O–H groups in total. The minimum Gasteiger partial charge on any atom is -0.480 e. The molecule has 2 unspecified atom stereocenters. The predicted octanol–water partition coefficient (Wildman–Crippen LogP) is 2.37. The maximum Gasteiger partial charge on any atom is 0.321 e. The first-order valence-electron chi connectivity index (χ1n) is 7.70. The standard InChI is InChI=1S/C15H19N3O4S/c19-15(20)12-9-23-14(16-12)11-8-10(18(21)22)4-5-13(11)17-6-2-1-3-7-17/h4-5,8,12,14,16H,1-3,6-7,9H2,(H,19,20). The van der Waals surface area contributed by atoms with E-state index in [-0.39, 0.29) is 11.1 Å². The molecular weight excluding hydrogens is 318 g/mol. The maximum absolute atomic E-state index is 11.1.